The van der Waals surface area contributed by atoms with Crippen molar-refractivity contribution >= 4 is 5.95 Å². The number of nitriles is 1. The van der Waals surface area contributed by atoms with Crippen molar-refractivity contribution < 1.29 is 4.39 Å². The lowest BCUT2D eigenvalue weighted by Crippen LogP contribution is -2.28. The van der Waals surface area contributed by atoms with Crippen molar-refractivity contribution in [2.24, 2.45) is 0 Å². The van der Waals surface area contributed by atoms with E-state index in [-0.39, 0.29) is 5.82 Å². The number of benzene rings is 2. The summed E-state index contributed by atoms with van der Waals surface area (Å²) in [6.07, 6.45) is 5.97. The molecule has 134 valence electrons. The molecule has 1 heterocycles. The number of nitrogens with zero attached hydrogens (tertiary/aromatic N) is 4. The molecule has 5 heteroatoms. The van der Waals surface area contributed by atoms with Gasteiger partial charge in [0.2, 0.25) is 5.95 Å². The summed E-state index contributed by atoms with van der Waals surface area (Å²) in [4.78, 5) is 11.0. The van der Waals surface area contributed by atoms with Gasteiger partial charge in [-0.1, -0.05) is 48.5 Å². The van der Waals surface area contributed by atoms with E-state index in [2.05, 4.69) is 20.9 Å². The van der Waals surface area contributed by atoms with Crippen LogP contribution < -0.4 is 4.90 Å². The molecular formula is C22H19FN4. The number of anilines is 1. The van der Waals surface area contributed by atoms with Crippen LogP contribution in [0.3, 0.4) is 0 Å². The van der Waals surface area contributed by atoms with Gasteiger partial charge in [0.15, 0.2) is 0 Å². The lowest BCUT2D eigenvalue weighted by atomic mass is 9.99. The highest BCUT2D eigenvalue weighted by Gasteiger charge is 2.30. The third-order valence-electron chi connectivity index (χ3n) is 4.74. The van der Waals surface area contributed by atoms with Crippen molar-refractivity contribution in [2.75, 3.05) is 11.4 Å². The van der Waals surface area contributed by atoms with E-state index < -0.39 is 0 Å². The molecule has 0 N–H and O–H groups in total. The number of halogens is 1. The molecule has 2 aromatic carbocycles. The number of rotatable bonds is 6. The Hall–Kier alpha value is -3.26. The highest BCUT2D eigenvalue weighted by atomic mass is 19.1. The molecule has 4 rings (SSSR count). The van der Waals surface area contributed by atoms with Gasteiger partial charge in [-0.25, -0.2) is 14.4 Å². The monoisotopic (exact) mass is 358 g/mol. The summed E-state index contributed by atoms with van der Waals surface area (Å²) in [6, 6.07) is 17.4. The fraction of sp³-hybridized carbons (Fsp3) is 0.227. The van der Waals surface area contributed by atoms with Gasteiger partial charge >= 0.3 is 0 Å². The first-order valence-electron chi connectivity index (χ1n) is 9.08. The van der Waals surface area contributed by atoms with Gasteiger partial charge in [-0.05, 0) is 18.4 Å². The van der Waals surface area contributed by atoms with Crippen molar-refractivity contribution in [3.05, 3.63) is 66.7 Å². The summed E-state index contributed by atoms with van der Waals surface area (Å²) in [5, 5.41) is 8.85. The van der Waals surface area contributed by atoms with E-state index in [0.717, 1.165) is 18.4 Å². The van der Waals surface area contributed by atoms with Crippen molar-refractivity contribution in [3.63, 3.8) is 0 Å². The number of hydrogen-bond donors (Lipinski definition) is 0. The first kappa shape index (κ1) is 17.2. The molecule has 4 nitrogen and oxygen atoms in total. The van der Waals surface area contributed by atoms with E-state index in [1.54, 1.807) is 24.5 Å². The summed E-state index contributed by atoms with van der Waals surface area (Å²) in [5.41, 5.74) is 2.53. The summed E-state index contributed by atoms with van der Waals surface area (Å²) in [5.74, 6) is 0.333. The molecule has 0 aliphatic heterocycles. The third kappa shape index (κ3) is 3.65. The van der Waals surface area contributed by atoms with Crippen molar-refractivity contribution in [1.29, 1.82) is 5.26 Å². The maximum atomic E-state index is 15.1. The molecule has 0 spiro atoms. The molecule has 1 aliphatic rings. The van der Waals surface area contributed by atoms with Gasteiger partial charge in [-0.15, -0.1) is 0 Å². The average Bonchev–Trinajstić information content (AvgIpc) is 3.55. The van der Waals surface area contributed by atoms with Gasteiger partial charge in [-0.2, -0.15) is 5.26 Å². The molecule has 0 saturated heterocycles. The number of aromatic nitrogens is 2. The highest BCUT2D eigenvalue weighted by molar-refractivity contribution is 5.73. The van der Waals surface area contributed by atoms with Gasteiger partial charge in [-0.3, -0.25) is 0 Å². The second-order valence-electron chi connectivity index (χ2n) is 6.64. The molecule has 0 amide bonds. The highest BCUT2D eigenvalue weighted by Crippen LogP contribution is 2.32. The van der Waals surface area contributed by atoms with Crippen molar-refractivity contribution in [3.8, 4) is 28.3 Å². The summed E-state index contributed by atoms with van der Waals surface area (Å²) < 4.78 is 15.1. The average molecular weight is 358 g/mol. The van der Waals surface area contributed by atoms with Gasteiger partial charge in [0.1, 0.15) is 5.82 Å². The quantitative estimate of drug-likeness (QED) is 0.633. The first-order valence-corrected chi connectivity index (χ1v) is 9.08. The maximum absolute atomic E-state index is 15.1. The van der Waals surface area contributed by atoms with Crippen LogP contribution in [0.15, 0.2) is 60.9 Å². The fourth-order valence-corrected chi connectivity index (χ4v) is 3.21. The second-order valence-corrected chi connectivity index (χ2v) is 6.64. The molecule has 0 atom stereocenters. The van der Waals surface area contributed by atoms with Crippen molar-refractivity contribution in [1.82, 2.24) is 9.97 Å². The Bertz CT molecular complexity index is 960. The zero-order chi connectivity index (χ0) is 18.6. The molecule has 1 fully saturated rings. The molecule has 3 aromatic rings. The van der Waals surface area contributed by atoms with Crippen LogP contribution in [-0.2, 0) is 0 Å². The topological polar surface area (TPSA) is 52.8 Å². The third-order valence-corrected chi connectivity index (χ3v) is 4.74. The predicted molar refractivity (Wildman–Crippen MR) is 103 cm³/mol. The van der Waals surface area contributed by atoms with Crippen LogP contribution in [0.5, 0.6) is 0 Å². The number of hydrogen-bond acceptors (Lipinski definition) is 4. The molecule has 0 radical (unpaired) electrons. The summed E-state index contributed by atoms with van der Waals surface area (Å²) in [7, 11) is 0. The molecule has 1 saturated carbocycles. The summed E-state index contributed by atoms with van der Waals surface area (Å²) in [6.45, 7) is 0.623. The Balaban J connectivity index is 1.64. The van der Waals surface area contributed by atoms with Crippen molar-refractivity contribution in [2.45, 2.75) is 25.3 Å². The van der Waals surface area contributed by atoms with E-state index in [9.17, 15) is 0 Å². The second kappa shape index (κ2) is 7.55. The van der Waals surface area contributed by atoms with E-state index in [1.807, 2.05) is 36.4 Å². The molecule has 0 bridgehead atoms. The molecule has 1 aliphatic carbocycles. The normalized spacial score (nSPS) is 13.2. The Labute approximate surface area is 157 Å². The minimum atomic E-state index is -0.274. The lowest BCUT2D eigenvalue weighted by Gasteiger charge is -2.21. The van der Waals surface area contributed by atoms with Gasteiger partial charge < -0.3 is 4.90 Å². The molecule has 0 unspecified atom stereocenters. The smallest absolute Gasteiger partial charge is 0.225 e. The fourth-order valence-electron chi connectivity index (χ4n) is 3.21. The van der Waals surface area contributed by atoms with Gasteiger partial charge in [0.05, 0.1) is 12.5 Å². The zero-order valence-corrected chi connectivity index (χ0v) is 14.8. The minimum absolute atomic E-state index is 0.274. The van der Waals surface area contributed by atoms with Crippen LogP contribution in [0.1, 0.15) is 19.3 Å². The van der Waals surface area contributed by atoms with E-state index >= 15 is 4.39 Å². The molecular weight excluding hydrogens is 339 g/mol. The minimum Gasteiger partial charge on any atom is -0.337 e. The van der Waals surface area contributed by atoms with Crippen LogP contribution in [0, 0.1) is 17.1 Å². The Morgan fingerprint density at radius 1 is 0.963 bits per heavy atom. The Morgan fingerprint density at radius 2 is 1.63 bits per heavy atom. The van der Waals surface area contributed by atoms with Gasteiger partial charge in [0, 0.05) is 41.7 Å². The van der Waals surface area contributed by atoms with Crippen LogP contribution in [0.25, 0.3) is 22.3 Å². The maximum Gasteiger partial charge on any atom is 0.225 e. The van der Waals surface area contributed by atoms with Gasteiger partial charge in [0.25, 0.3) is 0 Å². The van der Waals surface area contributed by atoms with Crippen LogP contribution >= 0.6 is 0 Å². The first-order chi connectivity index (χ1) is 13.3. The Kier molecular flexibility index (Phi) is 4.80. The zero-order valence-electron chi connectivity index (χ0n) is 14.8. The van der Waals surface area contributed by atoms with Crippen LogP contribution in [-0.4, -0.2) is 22.6 Å². The van der Waals surface area contributed by atoms with E-state index in [4.69, 9.17) is 5.26 Å². The SMILES string of the molecule is N#CCCN(c1ncc(-c2cccc(-c3ccccc3)c2F)cn1)C1CC1. The van der Waals surface area contributed by atoms with Crippen LogP contribution in [0.4, 0.5) is 10.3 Å². The standard InChI is InChI=1S/C22H19FN4/c23-21-19(16-6-2-1-3-7-16)8-4-9-20(21)17-14-25-22(26-15-17)27(13-5-12-24)18-10-11-18/h1-4,6-9,14-15,18H,5,10-11,13H2. The largest absolute Gasteiger partial charge is 0.337 e. The predicted octanol–water partition coefficient (Wildman–Crippen LogP) is 4.83. The lowest BCUT2D eigenvalue weighted by molar-refractivity contribution is 0.634. The molecule has 1 aromatic heterocycles. The molecule has 27 heavy (non-hydrogen) atoms. The Morgan fingerprint density at radius 3 is 2.26 bits per heavy atom. The van der Waals surface area contributed by atoms with E-state index in [0.29, 0.717) is 41.6 Å². The summed E-state index contributed by atoms with van der Waals surface area (Å²) >= 11 is 0. The van der Waals surface area contributed by atoms with Crippen LogP contribution in [0.2, 0.25) is 0 Å². The van der Waals surface area contributed by atoms with E-state index in [1.165, 1.54) is 0 Å².